The van der Waals surface area contributed by atoms with Crippen LogP contribution in [0.15, 0.2) is 30.3 Å². The van der Waals surface area contributed by atoms with E-state index in [-0.39, 0.29) is 6.10 Å². The van der Waals surface area contributed by atoms with E-state index in [1.165, 1.54) is 6.08 Å². The van der Waals surface area contributed by atoms with Crippen molar-refractivity contribution in [3.8, 4) is 5.75 Å². The van der Waals surface area contributed by atoms with E-state index in [0.29, 0.717) is 31.1 Å². The maximum Gasteiger partial charge on any atom is 0.411 e. The lowest BCUT2D eigenvalue weighted by Gasteiger charge is -2.28. The number of carbonyl (C=O) groups is 1. The van der Waals surface area contributed by atoms with E-state index in [1.807, 2.05) is 0 Å². The Hall–Kier alpha value is -2.02. The van der Waals surface area contributed by atoms with Gasteiger partial charge in [0.15, 0.2) is 0 Å². The van der Waals surface area contributed by atoms with Crippen LogP contribution in [0.3, 0.4) is 0 Å². The Labute approximate surface area is 144 Å². The third-order valence-electron chi connectivity index (χ3n) is 4.06. The standard InChI is InChI=1S/C18H21F3O4/c19-18(20,21)12-25-16-8-3-14(4-9-16)11-24-15-6-1-13(2-7-15)5-10-17(22)23/h1-2,5-7,10,14,16H,3-4,8-9,11-12H2,(H,22,23)/b10-5+. The molecule has 0 amide bonds. The zero-order valence-electron chi connectivity index (χ0n) is 13.7. The summed E-state index contributed by atoms with van der Waals surface area (Å²) in [5, 5.41) is 8.57. The third kappa shape index (κ3) is 7.60. The van der Waals surface area contributed by atoms with Crippen LogP contribution < -0.4 is 4.74 Å². The zero-order valence-corrected chi connectivity index (χ0v) is 13.7. The molecule has 4 nitrogen and oxygen atoms in total. The van der Waals surface area contributed by atoms with Crippen molar-refractivity contribution in [2.45, 2.75) is 38.0 Å². The molecule has 7 heteroatoms. The van der Waals surface area contributed by atoms with E-state index < -0.39 is 18.8 Å². The SMILES string of the molecule is O=C(O)/C=C/c1ccc(OCC2CCC(OCC(F)(F)F)CC2)cc1. The second kappa shape index (κ2) is 8.89. The highest BCUT2D eigenvalue weighted by Crippen LogP contribution is 2.28. The Balaban J connectivity index is 1.70. The van der Waals surface area contributed by atoms with Crippen LogP contribution in [0.4, 0.5) is 13.2 Å². The van der Waals surface area contributed by atoms with Crippen LogP contribution in [0.2, 0.25) is 0 Å². The minimum absolute atomic E-state index is 0.303. The van der Waals surface area contributed by atoms with E-state index >= 15 is 0 Å². The molecule has 25 heavy (non-hydrogen) atoms. The topological polar surface area (TPSA) is 55.8 Å². The van der Waals surface area contributed by atoms with Crippen molar-refractivity contribution in [1.29, 1.82) is 0 Å². The lowest BCUT2D eigenvalue weighted by molar-refractivity contribution is -0.188. The normalized spacial score (nSPS) is 21.4. The predicted molar refractivity (Wildman–Crippen MR) is 86.4 cm³/mol. The smallest absolute Gasteiger partial charge is 0.411 e. The van der Waals surface area contributed by atoms with Crippen LogP contribution >= 0.6 is 0 Å². The van der Waals surface area contributed by atoms with Gasteiger partial charge < -0.3 is 14.6 Å². The molecule has 138 valence electrons. The Morgan fingerprint density at radius 2 is 1.80 bits per heavy atom. The molecule has 1 fully saturated rings. The van der Waals surface area contributed by atoms with Crippen molar-refractivity contribution in [3.05, 3.63) is 35.9 Å². The van der Waals surface area contributed by atoms with Crippen molar-refractivity contribution < 1.29 is 32.5 Å². The highest BCUT2D eigenvalue weighted by Gasteiger charge is 2.30. The van der Waals surface area contributed by atoms with Crippen molar-refractivity contribution >= 4 is 12.0 Å². The van der Waals surface area contributed by atoms with Crippen LogP contribution in [0.5, 0.6) is 5.75 Å². The lowest BCUT2D eigenvalue weighted by Crippen LogP contribution is -2.28. The Morgan fingerprint density at radius 3 is 2.36 bits per heavy atom. The Morgan fingerprint density at radius 1 is 1.16 bits per heavy atom. The van der Waals surface area contributed by atoms with E-state index in [0.717, 1.165) is 24.5 Å². The van der Waals surface area contributed by atoms with Crippen LogP contribution in [-0.4, -0.2) is 36.6 Å². The first-order valence-electron chi connectivity index (χ1n) is 8.14. The number of hydrogen-bond acceptors (Lipinski definition) is 3. The summed E-state index contributed by atoms with van der Waals surface area (Å²) in [5.74, 6) is -0.0182. The maximum absolute atomic E-state index is 12.1. The molecule has 1 aromatic carbocycles. The number of hydrogen-bond donors (Lipinski definition) is 1. The molecule has 1 aliphatic rings. The minimum atomic E-state index is -4.27. The number of carboxylic acids is 1. The highest BCUT2D eigenvalue weighted by molar-refractivity contribution is 5.85. The molecule has 0 saturated heterocycles. The molecule has 0 unspecified atom stereocenters. The number of halogens is 3. The average molecular weight is 358 g/mol. The number of benzene rings is 1. The maximum atomic E-state index is 12.1. The number of ether oxygens (including phenoxy) is 2. The Bertz CT molecular complexity index is 573. The molecule has 2 rings (SSSR count). The van der Waals surface area contributed by atoms with Gasteiger partial charge >= 0.3 is 12.1 Å². The van der Waals surface area contributed by atoms with Gasteiger partial charge in [0.2, 0.25) is 0 Å². The fraction of sp³-hybridized carbons (Fsp3) is 0.500. The summed E-state index contributed by atoms with van der Waals surface area (Å²) in [6, 6.07) is 7.05. The molecule has 0 aromatic heterocycles. The second-order valence-corrected chi connectivity index (χ2v) is 6.12. The summed E-state index contributed by atoms with van der Waals surface area (Å²) >= 11 is 0. The van der Waals surface area contributed by atoms with E-state index in [9.17, 15) is 18.0 Å². The van der Waals surface area contributed by atoms with E-state index in [1.54, 1.807) is 24.3 Å². The number of aliphatic carboxylic acids is 1. The number of alkyl halides is 3. The van der Waals surface area contributed by atoms with Crippen LogP contribution in [0.25, 0.3) is 6.08 Å². The predicted octanol–water partition coefficient (Wildman–Crippen LogP) is 4.30. The van der Waals surface area contributed by atoms with Gasteiger partial charge in [-0.15, -0.1) is 0 Å². The first-order chi connectivity index (χ1) is 11.8. The van der Waals surface area contributed by atoms with Gasteiger partial charge in [-0.05, 0) is 55.4 Å². The summed E-state index contributed by atoms with van der Waals surface area (Å²) in [6.45, 7) is -0.669. The van der Waals surface area contributed by atoms with E-state index in [2.05, 4.69) is 0 Å². The number of rotatable bonds is 7. The van der Waals surface area contributed by atoms with Crippen molar-refractivity contribution in [2.24, 2.45) is 5.92 Å². The molecule has 0 radical (unpaired) electrons. The van der Waals surface area contributed by atoms with Gasteiger partial charge in [-0.3, -0.25) is 0 Å². The molecule has 0 aliphatic heterocycles. The minimum Gasteiger partial charge on any atom is -0.493 e. The fourth-order valence-electron chi connectivity index (χ4n) is 2.73. The number of carboxylic acid groups (broad SMARTS) is 1. The molecule has 0 atom stereocenters. The van der Waals surface area contributed by atoms with Crippen LogP contribution in [0, 0.1) is 5.92 Å². The monoisotopic (exact) mass is 358 g/mol. The quantitative estimate of drug-likeness (QED) is 0.739. The summed E-state index contributed by atoms with van der Waals surface area (Å²) in [5.41, 5.74) is 0.761. The zero-order chi connectivity index (χ0) is 18.3. The fourth-order valence-corrected chi connectivity index (χ4v) is 2.73. The van der Waals surface area contributed by atoms with E-state index in [4.69, 9.17) is 14.6 Å². The van der Waals surface area contributed by atoms with Gasteiger partial charge in [0.05, 0.1) is 12.7 Å². The van der Waals surface area contributed by atoms with Gasteiger partial charge in [-0.25, -0.2) is 4.79 Å². The summed E-state index contributed by atoms with van der Waals surface area (Å²) in [6.07, 6.45) is 0.754. The highest BCUT2D eigenvalue weighted by atomic mass is 19.4. The molecule has 1 aliphatic carbocycles. The molecular weight excluding hydrogens is 337 g/mol. The first kappa shape index (κ1) is 19.3. The van der Waals surface area contributed by atoms with Gasteiger partial charge in [0.1, 0.15) is 12.4 Å². The average Bonchev–Trinajstić information content (AvgIpc) is 2.57. The van der Waals surface area contributed by atoms with Crippen molar-refractivity contribution in [1.82, 2.24) is 0 Å². The second-order valence-electron chi connectivity index (χ2n) is 6.12. The van der Waals surface area contributed by atoms with Gasteiger partial charge in [0.25, 0.3) is 0 Å². The third-order valence-corrected chi connectivity index (χ3v) is 4.06. The molecular formula is C18H21F3O4. The first-order valence-corrected chi connectivity index (χ1v) is 8.14. The van der Waals surface area contributed by atoms with Crippen molar-refractivity contribution in [2.75, 3.05) is 13.2 Å². The molecule has 0 spiro atoms. The summed E-state index contributed by atoms with van der Waals surface area (Å²) < 4.78 is 47.0. The molecule has 1 N–H and O–H groups in total. The lowest BCUT2D eigenvalue weighted by atomic mass is 9.88. The van der Waals surface area contributed by atoms with Crippen LogP contribution in [0.1, 0.15) is 31.2 Å². The summed E-state index contributed by atoms with van der Waals surface area (Å²) in [4.78, 5) is 10.5. The Kier molecular flexibility index (Phi) is 6.87. The summed E-state index contributed by atoms with van der Waals surface area (Å²) in [7, 11) is 0. The largest absolute Gasteiger partial charge is 0.493 e. The molecule has 0 bridgehead atoms. The van der Waals surface area contributed by atoms with Crippen LogP contribution in [-0.2, 0) is 9.53 Å². The van der Waals surface area contributed by atoms with Crippen molar-refractivity contribution in [3.63, 3.8) is 0 Å². The molecule has 0 heterocycles. The molecule has 1 aromatic rings. The van der Waals surface area contributed by atoms with Gasteiger partial charge in [0, 0.05) is 6.08 Å². The molecule has 1 saturated carbocycles. The van der Waals surface area contributed by atoms with Gasteiger partial charge in [-0.2, -0.15) is 13.2 Å². The van der Waals surface area contributed by atoms with Gasteiger partial charge in [-0.1, -0.05) is 12.1 Å².